The number of carbonyl (C=O) groups excluding carboxylic acids is 1. The van der Waals surface area contributed by atoms with E-state index < -0.39 is 5.91 Å². The molecular weight excluding hydrogens is 234 g/mol. The second-order valence-corrected chi connectivity index (χ2v) is 3.45. The number of amides is 1. The minimum absolute atomic E-state index is 0.398. The lowest BCUT2D eigenvalue weighted by atomic mass is 10.3. The Hall–Kier alpha value is -1.36. The molecule has 0 unspecified atom stereocenters. The van der Waals surface area contributed by atoms with Crippen LogP contribution in [0.25, 0.3) is 10.9 Å². The maximum absolute atomic E-state index is 10.8. The van der Waals surface area contributed by atoms with E-state index in [-0.39, 0.29) is 0 Å². The molecule has 0 saturated heterocycles. The van der Waals surface area contributed by atoms with Crippen molar-refractivity contribution in [2.24, 2.45) is 5.73 Å². The second kappa shape index (κ2) is 2.85. The highest BCUT2D eigenvalue weighted by atomic mass is 79.9. The van der Waals surface area contributed by atoms with Crippen molar-refractivity contribution in [1.29, 1.82) is 0 Å². The van der Waals surface area contributed by atoms with Crippen molar-refractivity contribution in [2.75, 3.05) is 0 Å². The molecule has 2 aromatic heterocycles. The molecule has 0 aliphatic rings. The van der Waals surface area contributed by atoms with Gasteiger partial charge < -0.3 is 10.7 Å². The molecule has 2 rings (SSSR count). The van der Waals surface area contributed by atoms with Gasteiger partial charge in [0.25, 0.3) is 5.91 Å². The van der Waals surface area contributed by atoms with Gasteiger partial charge in [0.15, 0.2) is 0 Å². The zero-order valence-corrected chi connectivity index (χ0v) is 8.13. The van der Waals surface area contributed by atoms with Gasteiger partial charge >= 0.3 is 0 Å². The second-order valence-electron chi connectivity index (χ2n) is 2.64. The van der Waals surface area contributed by atoms with Crippen LogP contribution in [0.15, 0.2) is 22.9 Å². The molecule has 0 radical (unpaired) electrons. The van der Waals surface area contributed by atoms with Crippen molar-refractivity contribution in [3.63, 3.8) is 0 Å². The van der Waals surface area contributed by atoms with Gasteiger partial charge in [-0.1, -0.05) is 0 Å². The summed E-state index contributed by atoms with van der Waals surface area (Å²) in [6, 6.07) is 3.52. The number of aromatic amines is 1. The summed E-state index contributed by atoms with van der Waals surface area (Å²) in [5.41, 5.74) is 6.31. The predicted octanol–water partition coefficient (Wildman–Crippen LogP) is 1.42. The predicted molar refractivity (Wildman–Crippen MR) is 52.3 cm³/mol. The Morgan fingerprint density at radius 3 is 3.00 bits per heavy atom. The number of nitrogens with two attached hydrogens (primary N) is 1. The topological polar surface area (TPSA) is 71.8 Å². The van der Waals surface area contributed by atoms with Crippen molar-refractivity contribution < 1.29 is 4.79 Å². The van der Waals surface area contributed by atoms with E-state index in [1.165, 1.54) is 0 Å². The van der Waals surface area contributed by atoms with Crippen LogP contribution in [0, 0.1) is 0 Å². The van der Waals surface area contributed by atoms with Crippen molar-refractivity contribution in [3.8, 4) is 0 Å². The highest BCUT2D eigenvalue weighted by molar-refractivity contribution is 9.10. The molecule has 0 aliphatic heterocycles. The summed E-state index contributed by atoms with van der Waals surface area (Å²) in [5.74, 6) is -0.465. The summed E-state index contributed by atoms with van der Waals surface area (Å²) in [4.78, 5) is 17.7. The Morgan fingerprint density at radius 1 is 1.54 bits per heavy atom. The van der Waals surface area contributed by atoms with Crippen LogP contribution in [0.3, 0.4) is 0 Å². The molecule has 2 heterocycles. The molecule has 13 heavy (non-hydrogen) atoms. The molecule has 5 heteroatoms. The number of carbonyl (C=O) groups is 1. The average Bonchev–Trinajstić information content (AvgIpc) is 2.46. The fourth-order valence-electron chi connectivity index (χ4n) is 1.14. The monoisotopic (exact) mass is 239 g/mol. The van der Waals surface area contributed by atoms with Crippen molar-refractivity contribution in [1.82, 2.24) is 9.97 Å². The van der Waals surface area contributed by atoms with E-state index in [0.29, 0.717) is 5.69 Å². The number of nitrogens with one attached hydrogen (secondary N) is 1. The number of aromatic nitrogens is 2. The molecule has 0 saturated carbocycles. The first-order valence-electron chi connectivity index (χ1n) is 3.61. The summed E-state index contributed by atoms with van der Waals surface area (Å²) >= 11 is 3.24. The Labute approximate surface area is 82.3 Å². The molecule has 0 atom stereocenters. The lowest BCUT2D eigenvalue weighted by Crippen LogP contribution is -2.10. The average molecular weight is 240 g/mol. The van der Waals surface area contributed by atoms with Gasteiger partial charge in [0.05, 0.1) is 11.7 Å². The molecule has 4 nitrogen and oxygen atoms in total. The Kier molecular flexibility index (Phi) is 1.81. The van der Waals surface area contributed by atoms with Gasteiger partial charge in [-0.2, -0.15) is 0 Å². The van der Waals surface area contributed by atoms with Crippen LogP contribution in [0.2, 0.25) is 0 Å². The molecule has 3 N–H and O–H groups in total. The van der Waals surface area contributed by atoms with E-state index in [9.17, 15) is 4.79 Å². The number of rotatable bonds is 1. The van der Waals surface area contributed by atoms with Crippen molar-refractivity contribution in [2.45, 2.75) is 0 Å². The summed E-state index contributed by atoms with van der Waals surface area (Å²) in [5, 5.41) is 0.913. The minimum atomic E-state index is -0.465. The van der Waals surface area contributed by atoms with Crippen molar-refractivity contribution >= 4 is 32.7 Å². The minimum Gasteiger partial charge on any atom is -0.364 e. The fraction of sp³-hybridized carbons (Fsp3) is 0. The van der Waals surface area contributed by atoms with Crippen LogP contribution >= 0.6 is 15.9 Å². The van der Waals surface area contributed by atoms with Gasteiger partial charge in [-0.25, -0.2) is 4.98 Å². The zero-order chi connectivity index (χ0) is 9.42. The lowest BCUT2D eigenvalue weighted by Gasteiger charge is -1.88. The van der Waals surface area contributed by atoms with Crippen LogP contribution in [-0.4, -0.2) is 15.9 Å². The molecule has 1 amide bonds. The molecule has 66 valence electrons. The summed E-state index contributed by atoms with van der Waals surface area (Å²) in [7, 11) is 0. The van der Waals surface area contributed by atoms with E-state index in [4.69, 9.17) is 5.73 Å². The van der Waals surface area contributed by atoms with Crippen LogP contribution in [-0.2, 0) is 0 Å². The van der Waals surface area contributed by atoms with Gasteiger partial charge in [0.1, 0.15) is 10.3 Å². The van der Waals surface area contributed by atoms with E-state index in [0.717, 1.165) is 15.5 Å². The zero-order valence-electron chi connectivity index (χ0n) is 6.54. The third-order valence-corrected chi connectivity index (χ3v) is 2.17. The largest absolute Gasteiger partial charge is 0.364 e. The van der Waals surface area contributed by atoms with E-state index in [2.05, 4.69) is 25.9 Å². The third-order valence-electron chi connectivity index (χ3n) is 1.74. The van der Waals surface area contributed by atoms with Crippen LogP contribution in [0.4, 0.5) is 0 Å². The SMILES string of the molecule is NC(=O)c1cc2cc(Br)ncc2[nH]1. The number of hydrogen-bond donors (Lipinski definition) is 2. The van der Waals surface area contributed by atoms with E-state index >= 15 is 0 Å². The molecule has 0 bridgehead atoms. The molecule has 0 fully saturated rings. The van der Waals surface area contributed by atoms with Gasteiger partial charge in [-0.15, -0.1) is 0 Å². The van der Waals surface area contributed by atoms with Gasteiger partial charge in [0.2, 0.25) is 0 Å². The van der Waals surface area contributed by atoms with Crippen LogP contribution in [0.5, 0.6) is 0 Å². The number of primary amides is 1. The number of hydrogen-bond acceptors (Lipinski definition) is 2. The first-order chi connectivity index (χ1) is 6.16. The molecule has 2 aromatic rings. The number of fused-ring (bicyclic) bond motifs is 1. The van der Waals surface area contributed by atoms with Crippen LogP contribution < -0.4 is 5.73 Å². The molecule has 0 aliphatic carbocycles. The Bertz CT molecular complexity index is 477. The normalized spacial score (nSPS) is 10.5. The first-order valence-corrected chi connectivity index (χ1v) is 4.40. The molecule has 0 spiro atoms. The van der Waals surface area contributed by atoms with Gasteiger partial charge in [-0.05, 0) is 28.1 Å². The smallest absolute Gasteiger partial charge is 0.265 e. The first kappa shape index (κ1) is 8.25. The Balaban J connectivity index is 2.68. The van der Waals surface area contributed by atoms with E-state index in [1.807, 2.05) is 6.07 Å². The third kappa shape index (κ3) is 1.42. The summed E-state index contributed by atoms with van der Waals surface area (Å²) in [6.45, 7) is 0. The highest BCUT2D eigenvalue weighted by Crippen LogP contribution is 2.17. The van der Waals surface area contributed by atoms with Gasteiger partial charge in [-0.3, -0.25) is 4.79 Å². The number of halogens is 1. The summed E-state index contributed by atoms with van der Waals surface area (Å²) < 4.78 is 0.732. The highest BCUT2D eigenvalue weighted by Gasteiger charge is 2.05. The summed E-state index contributed by atoms with van der Waals surface area (Å²) in [6.07, 6.45) is 1.64. The standard InChI is InChI=1S/C8H6BrN3O/c9-7-2-4-1-5(8(10)13)12-6(4)3-11-7/h1-3,12H,(H2,10,13). The number of pyridine rings is 1. The molecule has 0 aromatic carbocycles. The maximum Gasteiger partial charge on any atom is 0.265 e. The Morgan fingerprint density at radius 2 is 2.31 bits per heavy atom. The lowest BCUT2D eigenvalue weighted by molar-refractivity contribution is 0.0996. The van der Waals surface area contributed by atoms with Crippen molar-refractivity contribution in [3.05, 3.63) is 28.6 Å². The number of H-pyrrole nitrogens is 1. The number of nitrogens with zero attached hydrogens (tertiary/aromatic N) is 1. The van der Waals surface area contributed by atoms with Crippen LogP contribution in [0.1, 0.15) is 10.5 Å². The van der Waals surface area contributed by atoms with E-state index in [1.54, 1.807) is 12.3 Å². The molecular formula is C8H6BrN3O. The fourth-order valence-corrected chi connectivity index (χ4v) is 1.49. The van der Waals surface area contributed by atoms with Gasteiger partial charge in [0, 0.05) is 5.39 Å². The maximum atomic E-state index is 10.8. The quantitative estimate of drug-likeness (QED) is 0.740.